The van der Waals surface area contributed by atoms with Crippen LogP contribution in [-0.2, 0) is 13.0 Å². The Balaban J connectivity index is 2.25. The molecule has 0 aliphatic heterocycles. The maximum atomic E-state index is 12.0. The Morgan fingerprint density at radius 1 is 1.29 bits per heavy atom. The van der Waals surface area contributed by atoms with Crippen LogP contribution in [-0.4, -0.2) is 18.5 Å². The van der Waals surface area contributed by atoms with E-state index in [0.717, 1.165) is 32.6 Å². The van der Waals surface area contributed by atoms with E-state index in [0.29, 0.717) is 6.61 Å². The Morgan fingerprint density at radius 2 is 2.04 bits per heavy atom. The van der Waals surface area contributed by atoms with Crippen LogP contribution in [0.1, 0.15) is 23.6 Å². The van der Waals surface area contributed by atoms with Crippen LogP contribution in [0.3, 0.4) is 0 Å². The third-order valence-corrected chi connectivity index (χ3v) is 5.56. The van der Waals surface area contributed by atoms with Crippen molar-refractivity contribution in [3.8, 4) is 5.75 Å². The molecule has 0 bridgehead atoms. The second-order valence-electron chi connectivity index (χ2n) is 5.51. The highest BCUT2D eigenvalue weighted by molar-refractivity contribution is 14.1. The van der Waals surface area contributed by atoms with Crippen molar-refractivity contribution in [3.63, 3.8) is 0 Å². The second kappa shape index (κ2) is 8.76. The number of amides is 1. The summed E-state index contributed by atoms with van der Waals surface area (Å²) in [4.78, 5) is 13.7. The molecule has 24 heavy (non-hydrogen) atoms. The van der Waals surface area contributed by atoms with E-state index in [4.69, 9.17) is 4.74 Å². The van der Waals surface area contributed by atoms with Gasteiger partial charge in [-0.2, -0.15) is 0 Å². The SMILES string of the molecule is CCc1ccc(OCc2c(I)cccc2N(C)C(=O)SC)c(C)c1. The number of hydrogen-bond donors (Lipinski definition) is 0. The van der Waals surface area contributed by atoms with E-state index in [2.05, 4.69) is 48.6 Å². The minimum Gasteiger partial charge on any atom is -0.489 e. The number of halogens is 1. The van der Waals surface area contributed by atoms with Crippen LogP contribution in [0.5, 0.6) is 5.75 Å². The van der Waals surface area contributed by atoms with Crippen molar-refractivity contribution in [3.05, 3.63) is 56.7 Å². The van der Waals surface area contributed by atoms with E-state index in [1.54, 1.807) is 18.2 Å². The molecular weight excluding hydrogens is 433 g/mol. The van der Waals surface area contributed by atoms with Gasteiger partial charge in [0.05, 0.1) is 5.69 Å². The average Bonchev–Trinajstić information content (AvgIpc) is 2.59. The van der Waals surface area contributed by atoms with Crippen LogP contribution < -0.4 is 9.64 Å². The molecule has 2 rings (SSSR count). The lowest BCUT2D eigenvalue weighted by atomic mass is 10.1. The molecule has 0 N–H and O–H groups in total. The monoisotopic (exact) mass is 455 g/mol. The number of carbonyl (C=O) groups is 1. The first-order chi connectivity index (χ1) is 11.5. The topological polar surface area (TPSA) is 29.5 Å². The summed E-state index contributed by atoms with van der Waals surface area (Å²) in [6.45, 7) is 4.65. The summed E-state index contributed by atoms with van der Waals surface area (Å²) in [6.07, 6.45) is 2.81. The molecule has 0 heterocycles. The molecular formula is C19H22INO2S. The molecule has 2 aromatic carbocycles. The normalized spacial score (nSPS) is 10.5. The van der Waals surface area contributed by atoms with Crippen molar-refractivity contribution in [2.24, 2.45) is 0 Å². The van der Waals surface area contributed by atoms with Gasteiger partial charge >= 0.3 is 0 Å². The summed E-state index contributed by atoms with van der Waals surface area (Å²) in [7, 11) is 1.80. The molecule has 0 saturated carbocycles. The zero-order valence-electron chi connectivity index (χ0n) is 14.4. The Labute approximate surface area is 161 Å². The number of nitrogens with zero attached hydrogens (tertiary/aromatic N) is 1. The van der Waals surface area contributed by atoms with Gasteiger partial charge in [-0.05, 0) is 71.5 Å². The minimum atomic E-state index is 0.0155. The molecule has 0 spiro atoms. The number of aryl methyl sites for hydroxylation is 2. The summed E-state index contributed by atoms with van der Waals surface area (Å²) in [5, 5.41) is 0.0155. The number of carbonyl (C=O) groups excluding carboxylic acids is 1. The third kappa shape index (κ3) is 4.45. The fourth-order valence-electron chi connectivity index (χ4n) is 2.48. The molecule has 0 aliphatic carbocycles. The lowest BCUT2D eigenvalue weighted by molar-refractivity contribution is 0.266. The fourth-order valence-corrected chi connectivity index (χ4v) is 3.49. The highest BCUT2D eigenvalue weighted by atomic mass is 127. The van der Waals surface area contributed by atoms with Gasteiger partial charge in [0.15, 0.2) is 0 Å². The van der Waals surface area contributed by atoms with Crippen molar-refractivity contribution in [1.29, 1.82) is 0 Å². The zero-order valence-corrected chi connectivity index (χ0v) is 17.4. The van der Waals surface area contributed by atoms with Crippen molar-refractivity contribution in [2.45, 2.75) is 26.9 Å². The summed E-state index contributed by atoms with van der Waals surface area (Å²) in [6, 6.07) is 12.2. The molecule has 0 unspecified atom stereocenters. The van der Waals surface area contributed by atoms with Crippen LogP contribution in [0.2, 0.25) is 0 Å². The summed E-state index contributed by atoms with van der Waals surface area (Å²) in [5.74, 6) is 0.886. The summed E-state index contributed by atoms with van der Waals surface area (Å²) >= 11 is 3.50. The van der Waals surface area contributed by atoms with Crippen LogP contribution in [0.15, 0.2) is 36.4 Å². The summed E-state index contributed by atoms with van der Waals surface area (Å²) < 4.78 is 7.15. The highest BCUT2D eigenvalue weighted by Gasteiger charge is 2.16. The quantitative estimate of drug-likeness (QED) is 0.545. The number of hydrogen-bond acceptors (Lipinski definition) is 3. The molecule has 128 valence electrons. The number of anilines is 1. The van der Waals surface area contributed by atoms with Gasteiger partial charge in [0, 0.05) is 16.2 Å². The molecule has 0 atom stereocenters. The highest BCUT2D eigenvalue weighted by Crippen LogP contribution is 2.29. The first-order valence-electron chi connectivity index (χ1n) is 7.79. The average molecular weight is 455 g/mol. The zero-order chi connectivity index (χ0) is 17.7. The van der Waals surface area contributed by atoms with Gasteiger partial charge in [-0.1, -0.05) is 36.9 Å². The van der Waals surface area contributed by atoms with E-state index in [1.807, 2.05) is 24.3 Å². The number of thioether (sulfide) groups is 1. The lowest BCUT2D eigenvalue weighted by Gasteiger charge is -2.21. The van der Waals surface area contributed by atoms with Crippen molar-refractivity contribution >= 4 is 45.3 Å². The number of ether oxygens (including phenoxy) is 1. The molecule has 5 heteroatoms. The van der Waals surface area contributed by atoms with Gasteiger partial charge < -0.3 is 9.64 Å². The van der Waals surface area contributed by atoms with E-state index in [9.17, 15) is 4.79 Å². The van der Waals surface area contributed by atoms with Crippen LogP contribution >= 0.6 is 34.4 Å². The van der Waals surface area contributed by atoms with Gasteiger partial charge in [0.1, 0.15) is 12.4 Å². The number of benzene rings is 2. The minimum absolute atomic E-state index is 0.0155. The van der Waals surface area contributed by atoms with Crippen LogP contribution in [0, 0.1) is 10.5 Å². The Bertz CT molecular complexity index is 733. The smallest absolute Gasteiger partial charge is 0.285 e. The Hall–Kier alpha value is -1.21. The molecule has 0 saturated heterocycles. The lowest BCUT2D eigenvalue weighted by Crippen LogP contribution is -2.23. The van der Waals surface area contributed by atoms with Crippen LogP contribution in [0.25, 0.3) is 0 Å². The molecule has 1 amide bonds. The fraction of sp³-hybridized carbons (Fsp3) is 0.316. The largest absolute Gasteiger partial charge is 0.489 e. The molecule has 0 fully saturated rings. The maximum absolute atomic E-state index is 12.0. The van der Waals surface area contributed by atoms with E-state index >= 15 is 0 Å². The maximum Gasteiger partial charge on any atom is 0.285 e. The van der Waals surface area contributed by atoms with Gasteiger partial charge in [-0.15, -0.1) is 0 Å². The predicted octanol–water partition coefficient (Wildman–Crippen LogP) is 5.66. The molecule has 0 radical (unpaired) electrons. The number of rotatable bonds is 5. The van der Waals surface area contributed by atoms with Gasteiger partial charge in [-0.3, -0.25) is 4.79 Å². The van der Waals surface area contributed by atoms with E-state index < -0.39 is 0 Å². The first kappa shape index (κ1) is 19.1. The molecule has 0 aromatic heterocycles. The van der Waals surface area contributed by atoms with E-state index in [1.165, 1.54) is 17.3 Å². The standard InChI is InChI=1S/C19H22INO2S/c1-5-14-9-10-18(13(2)11-14)23-12-15-16(20)7-6-8-17(15)21(3)19(22)24-4/h6-11H,5,12H2,1-4H3. The van der Waals surface area contributed by atoms with Gasteiger partial charge in [0.2, 0.25) is 0 Å². The summed E-state index contributed by atoms with van der Waals surface area (Å²) in [5.41, 5.74) is 4.36. The predicted molar refractivity (Wildman–Crippen MR) is 111 cm³/mol. The van der Waals surface area contributed by atoms with Crippen molar-refractivity contribution in [2.75, 3.05) is 18.2 Å². The van der Waals surface area contributed by atoms with Gasteiger partial charge in [-0.25, -0.2) is 0 Å². The Kier molecular flexibility index (Phi) is 6.98. The van der Waals surface area contributed by atoms with Crippen molar-refractivity contribution < 1.29 is 9.53 Å². The van der Waals surface area contributed by atoms with E-state index in [-0.39, 0.29) is 5.24 Å². The van der Waals surface area contributed by atoms with Gasteiger partial charge in [0.25, 0.3) is 5.24 Å². The second-order valence-corrected chi connectivity index (χ2v) is 7.43. The van der Waals surface area contributed by atoms with Crippen LogP contribution in [0.4, 0.5) is 10.5 Å². The molecule has 0 aliphatic rings. The molecule has 2 aromatic rings. The first-order valence-corrected chi connectivity index (χ1v) is 10.1. The third-order valence-electron chi connectivity index (χ3n) is 3.92. The molecule has 3 nitrogen and oxygen atoms in total. The Morgan fingerprint density at radius 3 is 2.67 bits per heavy atom. The van der Waals surface area contributed by atoms with Crippen molar-refractivity contribution in [1.82, 2.24) is 0 Å².